The first-order chi connectivity index (χ1) is 8.08. The Bertz CT molecular complexity index is 425. The molecule has 0 aliphatic carbocycles. The lowest BCUT2D eigenvalue weighted by Gasteiger charge is -2.32. The molecule has 1 aliphatic rings. The Morgan fingerprint density at radius 2 is 1.88 bits per heavy atom. The fraction of sp³-hybridized carbons (Fsp3) is 0.462. The second-order valence-electron chi connectivity index (χ2n) is 4.58. The molecule has 17 heavy (non-hydrogen) atoms. The lowest BCUT2D eigenvalue weighted by atomic mass is 10.1. The van der Waals surface area contributed by atoms with Gasteiger partial charge in [0, 0.05) is 30.7 Å². The maximum atomic E-state index is 12.3. The van der Waals surface area contributed by atoms with E-state index in [1.165, 1.54) is 0 Å². The molecule has 0 atom stereocenters. The van der Waals surface area contributed by atoms with Gasteiger partial charge in [-0.2, -0.15) is 0 Å². The molecule has 0 bridgehead atoms. The smallest absolute Gasteiger partial charge is 0.255 e. The van der Waals surface area contributed by atoms with E-state index in [1.54, 1.807) is 0 Å². The molecule has 0 saturated carbocycles. The number of carbonyl (C=O) groups excluding carboxylic acids is 1. The summed E-state index contributed by atoms with van der Waals surface area (Å²) in [6, 6.07) is 5.87. The Hall–Kier alpha value is -0.870. The van der Waals surface area contributed by atoms with Crippen molar-refractivity contribution in [3.63, 3.8) is 0 Å². The van der Waals surface area contributed by atoms with Crippen molar-refractivity contribution in [3.8, 4) is 0 Å². The minimum absolute atomic E-state index is 0.130. The van der Waals surface area contributed by atoms with Crippen LogP contribution in [0.4, 0.5) is 0 Å². The van der Waals surface area contributed by atoms with Gasteiger partial charge in [0.15, 0.2) is 0 Å². The summed E-state index contributed by atoms with van der Waals surface area (Å²) in [4.78, 5) is 16.5. The summed E-state index contributed by atoms with van der Waals surface area (Å²) in [5.41, 5.74) is 1.92. The minimum Gasteiger partial charge on any atom is -0.336 e. The molecule has 1 heterocycles. The summed E-state index contributed by atoms with van der Waals surface area (Å²) < 4.78 is 0.890. The van der Waals surface area contributed by atoms with Gasteiger partial charge in [-0.25, -0.2) is 0 Å². The lowest BCUT2D eigenvalue weighted by Crippen LogP contribution is -2.47. The number of carbonyl (C=O) groups is 1. The largest absolute Gasteiger partial charge is 0.336 e. The van der Waals surface area contributed by atoms with Crippen molar-refractivity contribution in [3.05, 3.63) is 33.8 Å². The summed E-state index contributed by atoms with van der Waals surface area (Å²) in [7, 11) is 2.09. The SMILES string of the molecule is Cc1ccc(C(=O)N2CCN(C)CC2)c(Br)c1. The highest BCUT2D eigenvalue weighted by molar-refractivity contribution is 9.10. The molecule has 1 aromatic carbocycles. The van der Waals surface area contributed by atoms with Crippen LogP contribution in [0.5, 0.6) is 0 Å². The molecule has 1 aliphatic heterocycles. The van der Waals surface area contributed by atoms with Crippen molar-refractivity contribution >= 4 is 21.8 Å². The van der Waals surface area contributed by atoms with Gasteiger partial charge < -0.3 is 9.80 Å². The van der Waals surface area contributed by atoms with Crippen LogP contribution < -0.4 is 0 Å². The van der Waals surface area contributed by atoms with Crippen molar-refractivity contribution in [2.24, 2.45) is 0 Å². The Morgan fingerprint density at radius 3 is 2.47 bits per heavy atom. The average Bonchev–Trinajstić information content (AvgIpc) is 2.29. The minimum atomic E-state index is 0.130. The van der Waals surface area contributed by atoms with E-state index in [9.17, 15) is 4.79 Å². The molecule has 0 aromatic heterocycles. The monoisotopic (exact) mass is 296 g/mol. The number of likely N-dealkylation sites (N-methyl/N-ethyl adjacent to an activating group) is 1. The summed E-state index contributed by atoms with van der Waals surface area (Å²) in [5.74, 6) is 0.130. The quantitative estimate of drug-likeness (QED) is 0.793. The Kier molecular flexibility index (Phi) is 3.84. The fourth-order valence-corrected chi connectivity index (χ4v) is 2.64. The van der Waals surface area contributed by atoms with Crippen LogP contribution in [0.3, 0.4) is 0 Å². The second-order valence-corrected chi connectivity index (χ2v) is 5.43. The maximum Gasteiger partial charge on any atom is 0.255 e. The molecule has 0 N–H and O–H groups in total. The molecule has 0 radical (unpaired) electrons. The van der Waals surface area contributed by atoms with E-state index >= 15 is 0 Å². The standard InChI is InChI=1S/C13H17BrN2O/c1-10-3-4-11(12(14)9-10)13(17)16-7-5-15(2)6-8-16/h3-4,9H,5-8H2,1-2H3. The second kappa shape index (κ2) is 5.19. The summed E-state index contributed by atoms with van der Waals surface area (Å²) in [6.07, 6.45) is 0. The normalized spacial score (nSPS) is 17.2. The van der Waals surface area contributed by atoms with Crippen LogP contribution in [0.2, 0.25) is 0 Å². The number of halogens is 1. The van der Waals surface area contributed by atoms with Crippen LogP contribution in [-0.2, 0) is 0 Å². The van der Waals surface area contributed by atoms with Crippen molar-refractivity contribution in [2.75, 3.05) is 33.2 Å². The third-order valence-electron chi connectivity index (χ3n) is 3.15. The van der Waals surface area contributed by atoms with Crippen molar-refractivity contribution < 1.29 is 4.79 Å². The Morgan fingerprint density at radius 1 is 1.24 bits per heavy atom. The van der Waals surface area contributed by atoms with Gasteiger partial charge in [-0.15, -0.1) is 0 Å². The zero-order valence-corrected chi connectivity index (χ0v) is 11.8. The molecule has 1 aromatic rings. The van der Waals surface area contributed by atoms with E-state index in [4.69, 9.17) is 0 Å². The molecule has 0 spiro atoms. The molecule has 3 nitrogen and oxygen atoms in total. The van der Waals surface area contributed by atoms with Crippen LogP contribution in [0, 0.1) is 6.92 Å². The molecular weight excluding hydrogens is 280 g/mol. The Labute approximate surface area is 111 Å². The molecule has 1 saturated heterocycles. The third-order valence-corrected chi connectivity index (χ3v) is 3.80. The van der Waals surface area contributed by atoms with Gasteiger partial charge in [0.1, 0.15) is 0 Å². The molecule has 4 heteroatoms. The zero-order chi connectivity index (χ0) is 12.4. The number of nitrogens with zero attached hydrogens (tertiary/aromatic N) is 2. The van der Waals surface area contributed by atoms with Crippen LogP contribution in [0.1, 0.15) is 15.9 Å². The van der Waals surface area contributed by atoms with E-state index in [1.807, 2.05) is 30.0 Å². The first-order valence-electron chi connectivity index (χ1n) is 5.82. The molecule has 0 unspecified atom stereocenters. The summed E-state index contributed by atoms with van der Waals surface area (Å²) in [5, 5.41) is 0. The molecule has 92 valence electrons. The number of hydrogen-bond donors (Lipinski definition) is 0. The van der Waals surface area contributed by atoms with Crippen molar-refractivity contribution in [1.82, 2.24) is 9.80 Å². The van der Waals surface area contributed by atoms with Gasteiger partial charge >= 0.3 is 0 Å². The van der Waals surface area contributed by atoms with Gasteiger partial charge in [-0.3, -0.25) is 4.79 Å². The fourth-order valence-electron chi connectivity index (χ4n) is 1.97. The first kappa shape index (κ1) is 12.6. The van der Waals surface area contributed by atoms with E-state index < -0.39 is 0 Å². The van der Waals surface area contributed by atoms with Gasteiger partial charge in [0.25, 0.3) is 5.91 Å². The average molecular weight is 297 g/mol. The maximum absolute atomic E-state index is 12.3. The summed E-state index contributed by atoms with van der Waals surface area (Å²) in [6.45, 7) is 5.56. The number of rotatable bonds is 1. The molecule has 1 amide bonds. The number of piperazine rings is 1. The predicted molar refractivity (Wildman–Crippen MR) is 72.3 cm³/mol. The topological polar surface area (TPSA) is 23.6 Å². The van der Waals surface area contributed by atoms with Crippen molar-refractivity contribution in [2.45, 2.75) is 6.92 Å². The highest BCUT2D eigenvalue weighted by Crippen LogP contribution is 2.20. The van der Waals surface area contributed by atoms with Crippen LogP contribution in [-0.4, -0.2) is 48.9 Å². The molecular formula is C13H17BrN2O. The van der Waals surface area contributed by atoms with Crippen LogP contribution in [0.15, 0.2) is 22.7 Å². The third kappa shape index (κ3) is 2.87. The van der Waals surface area contributed by atoms with Gasteiger partial charge in [0.2, 0.25) is 0 Å². The number of aryl methyl sites for hydroxylation is 1. The highest BCUT2D eigenvalue weighted by Gasteiger charge is 2.21. The predicted octanol–water partition coefficient (Wildman–Crippen LogP) is 2.15. The zero-order valence-electron chi connectivity index (χ0n) is 10.2. The van der Waals surface area contributed by atoms with E-state index in [2.05, 4.69) is 27.9 Å². The molecule has 1 fully saturated rings. The Balaban J connectivity index is 2.14. The number of benzene rings is 1. The number of amides is 1. The highest BCUT2D eigenvalue weighted by atomic mass is 79.9. The molecule has 2 rings (SSSR count). The van der Waals surface area contributed by atoms with Gasteiger partial charge in [0.05, 0.1) is 5.56 Å². The summed E-state index contributed by atoms with van der Waals surface area (Å²) >= 11 is 3.47. The van der Waals surface area contributed by atoms with Gasteiger partial charge in [-0.1, -0.05) is 6.07 Å². The van der Waals surface area contributed by atoms with Gasteiger partial charge in [-0.05, 0) is 47.6 Å². The van der Waals surface area contributed by atoms with E-state index in [0.29, 0.717) is 0 Å². The van der Waals surface area contributed by atoms with Crippen LogP contribution >= 0.6 is 15.9 Å². The lowest BCUT2D eigenvalue weighted by molar-refractivity contribution is 0.0663. The van der Waals surface area contributed by atoms with E-state index in [-0.39, 0.29) is 5.91 Å². The van der Waals surface area contributed by atoms with Crippen molar-refractivity contribution in [1.29, 1.82) is 0 Å². The van der Waals surface area contributed by atoms with E-state index in [0.717, 1.165) is 41.8 Å². The number of hydrogen-bond acceptors (Lipinski definition) is 2. The first-order valence-corrected chi connectivity index (χ1v) is 6.61. The van der Waals surface area contributed by atoms with Crippen LogP contribution in [0.25, 0.3) is 0 Å².